The lowest BCUT2D eigenvalue weighted by Gasteiger charge is -2.15. The van der Waals surface area contributed by atoms with Gasteiger partial charge >= 0.3 is 6.18 Å². The van der Waals surface area contributed by atoms with E-state index in [-0.39, 0.29) is 28.4 Å². The third-order valence-electron chi connectivity index (χ3n) is 3.93. The van der Waals surface area contributed by atoms with E-state index >= 15 is 0 Å². The molecule has 12 heteroatoms. The molecule has 0 bridgehead atoms. The van der Waals surface area contributed by atoms with Crippen LogP contribution in [0.1, 0.15) is 31.5 Å². The second-order valence-electron chi connectivity index (χ2n) is 5.91. The SMILES string of the molecule is CCn1c(C(C)NS(=O)(=O)c2ccc(Cl)cc2)nc2cnc(C(F)(F)F)nc21. The number of fused-ring (bicyclic) bond motifs is 1. The predicted octanol–water partition coefficient (Wildman–Crippen LogP) is 3.56. The molecule has 1 atom stereocenters. The average Bonchev–Trinajstić information content (AvgIpc) is 2.99. The van der Waals surface area contributed by atoms with Crippen molar-refractivity contribution in [2.45, 2.75) is 37.5 Å². The van der Waals surface area contributed by atoms with Gasteiger partial charge in [-0.15, -0.1) is 0 Å². The van der Waals surface area contributed by atoms with Crippen LogP contribution in [0.3, 0.4) is 0 Å². The van der Waals surface area contributed by atoms with E-state index in [1.807, 2.05) is 0 Å². The highest BCUT2D eigenvalue weighted by Gasteiger charge is 2.35. The summed E-state index contributed by atoms with van der Waals surface area (Å²) in [6.07, 6.45) is -3.72. The lowest BCUT2D eigenvalue weighted by molar-refractivity contribution is -0.144. The monoisotopic (exact) mass is 433 g/mol. The van der Waals surface area contributed by atoms with E-state index in [2.05, 4.69) is 19.7 Å². The zero-order valence-electron chi connectivity index (χ0n) is 14.7. The van der Waals surface area contributed by atoms with Gasteiger partial charge in [-0.1, -0.05) is 11.6 Å². The number of alkyl halides is 3. The van der Waals surface area contributed by atoms with Crippen molar-refractivity contribution in [3.05, 3.63) is 47.1 Å². The first-order valence-corrected chi connectivity index (χ1v) is 9.97. The molecule has 3 aromatic rings. The molecule has 2 aromatic heterocycles. The minimum absolute atomic E-state index is 0.00191. The molecule has 0 aliphatic rings. The molecule has 0 saturated carbocycles. The first kappa shape index (κ1) is 20.5. The summed E-state index contributed by atoms with van der Waals surface area (Å²) in [5, 5.41) is 0.388. The highest BCUT2D eigenvalue weighted by Crippen LogP contribution is 2.28. The number of hydrogen-bond donors (Lipinski definition) is 1. The van der Waals surface area contributed by atoms with Crippen LogP contribution in [0.5, 0.6) is 0 Å². The number of imidazole rings is 1. The molecule has 1 aromatic carbocycles. The van der Waals surface area contributed by atoms with Crippen LogP contribution in [0, 0.1) is 0 Å². The average molecular weight is 434 g/mol. The van der Waals surface area contributed by atoms with Gasteiger partial charge in [0.25, 0.3) is 0 Å². The van der Waals surface area contributed by atoms with E-state index in [9.17, 15) is 21.6 Å². The number of nitrogens with zero attached hydrogens (tertiary/aromatic N) is 4. The van der Waals surface area contributed by atoms with Crippen molar-refractivity contribution in [2.24, 2.45) is 0 Å². The van der Waals surface area contributed by atoms with Crippen LogP contribution in [-0.2, 0) is 22.7 Å². The van der Waals surface area contributed by atoms with Crippen LogP contribution in [0.4, 0.5) is 13.2 Å². The van der Waals surface area contributed by atoms with Crippen molar-refractivity contribution in [3.63, 3.8) is 0 Å². The summed E-state index contributed by atoms with van der Waals surface area (Å²) in [5.74, 6) is -1.06. The fourth-order valence-electron chi connectivity index (χ4n) is 2.68. The summed E-state index contributed by atoms with van der Waals surface area (Å²) in [5.41, 5.74) is 0.125. The maximum atomic E-state index is 12.9. The first-order chi connectivity index (χ1) is 13.0. The number of benzene rings is 1. The van der Waals surface area contributed by atoms with Gasteiger partial charge in [0.1, 0.15) is 11.3 Å². The van der Waals surface area contributed by atoms with Crippen LogP contribution in [-0.4, -0.2) is 27.9 Å². The van der Waals surface area contributed by atoms with Gasteiger partial charge in [0.05, 0.1) is 17.1 Å². The van der Waals surface area contributed by atoms with Gasteiger partial charge in [0, 0.05) is 11.6 Å². The minimum Gasteiger partial charge on any atom is -0.312 e. The maximum absolute atomic E-state index is 12.9. The Morgan fingerprint density at radius 3 is 2.43 bits per heavy atom. The van der Waals surface area contributed by atoms with Crippen molar-refractivity contribution < 1.29 is 21.6 Å². The summed E-state index contributed by atoms with van der Waals surface area (Å²) in [7, 11) is -3.90. The van der Waals surface area contributed by atoms with Gasteiger partial charge < -0.3 is 4.57 Å². The minimum atomic E-state index is -4.70. The normalized spacial score (nSPS) is 13.8. The number of sulfonamides is 1. The number of halogens is 4. The second-order valence-corrected chi connectivity index (χ2v) is 8.06. The van der Waals surface area contributed by atoms with Crippen LogP contribution in [0.2, 0.25) is 5.02 Å². The van der Waals surface area contributed by atoms with Crippen LogP contribution >= 0.6 is 11.6 Å². The zero-order valence-corrected chi connectivity index (χ0v) is 16.3. The van der Waals surface area contributed by atoms with Crippen LogP contribution in [0.15, 0.2) is 35.4 Å². The third-order valence-corrected chi connectivity index (χ3v) is 5.74. The molecule has 0 fully saturated rings. The van der Waals surface area contributed by atoms with E-state index < -0.39 is 28.1 Å². The quantitative estimate of drug-likeness (QED) is 0.664. The Labute approximate surface area is 163 Å². The fourth-order valence-corrected chi connectivity index (χ4v) is 4.01. The van der Waals surface area contributed by atoms with Gasteiger partial charge in [-0.25, -0.2) is 28.1 Å². The van der Waals surface area contributed by atoms with Crippen molar-refractivity contribution in [2.75, 3.05) is 0 Å². The van der Waals surface area contributed by atoms with Crippen LogP contribution < -0.4 is 4.72 Å². The number of hydrogen-bond acceptors (Lipinski definition) is 5. The van der Waals surface area contributed by atoms with Gasteiger partial charge in [0.15, 0.2) is 5.65 Å². The standard InChI is InChI=1S/C16H15ClF3N5O2S/c1-3-25-13(22-12-8-21-15(16(18,19)20)23-14(12)25)9(2)24-28(26,27)11-6-4-10(17)5-7-11/h4-9,24H,3H2,1-2H3. The summed E-state index contributed by atoms with van der Waals surface area (Å²) in [6, 6.07) is 4.75. The molecule has 2 heterocycles. The largest absolute Gasteiger partial charge is 0.451 e. The Hall–Kier alpha value is -2.24. The highest BCUT2D eigenvalue weighted by molar-refractivity contribution is 7.89. The molecule has 7 nitrogen and oxygen atoms in total. The van der Waals surface area contributed by atoms with Crippen molar-refractivity contribution >= 4 is 32.8 Å². The molecule has 0 saturated heterocycles. The third kappa shape index (κ3) is 3.96. The molecule has 0 aliphatic carbocycles. The Morgan fingerprint density at radius 2 is 1.86 bits per heavy atom. The molecule has 1 unspecified atom stereocenters. The smallest absolute Gasteiger partial charge is 0.312 e. The summed E-state index contributed by atoms with van der Waals surface area (Å²) >= 11 is 5.77. The molecule has 0 radical (unpaired) electrons. The predicted molar refractivity (Wildman–Crippen MR) is 96.2 cm³/mol. The lowest BCUT2D eigenvalue weighted by Crippen LogP contribution is -2.28. The van der Waals surface area contributed by atoms with Gasteiger partial charge in [0.2, 0.25) is 15.8 Å². The molecule has 0 spiro atoms. The van der Waals surface area contributed by atoms with Gasteiger partial charge in [-0.3, -0.25) is 0 Å². The number of rotatable bonds is 5. The van der Waals surface area contributed by atoms with E-state index in [1.54, 1.807) is 13.8 Å². The number of aryl methyl sites for hydroxylation is 1. The van der Waals surface area contributed by atoms with E-state index in [0.717, 1.165) is 6.20 Å². The molecule has 0 amide bonds. The fraction of sp³-hybridized carbons (Fsp3) is 0.312. The van der Waals surface area contributed by atoms with Gasteiger partial charge in [-0.2, -0.15) is 13.2 Å². The number of aromatic nitrogens is 4. The Kier molecular flexibility index (Phi) is 5.34. The Bertz CT molecular complexity index is 1110. The topological polar surface area (TPSA) is 89.8 Å². The van der Waals surface area contributed by atoms with E-state index in [4.69, 9.17) is 11.6 Å². The molecule has 0 aliphatic heterocycles. The van der Waals surface area contributed by atoms with Crippen molar-refractivity contribution in [1.82, 2.24) is 24.2 Å². The second kappa shape index (κ2) is 7.30. The van der Waals surface area contributed by atoms with E-state index in [0.29, 0.717) is 5.02 Å². The van der Waals surface area contributed by atoms with Gasteiger partial charge in [-0.05, 0) is 38.1 Å². The van der Waals surface area contributed by atoms with Crippen molar-refractivity contribution in [1.29, 1.82) is 0 Å². The molecule has 150 valence electrons. The van der Waals surface area contributed by atoms with Crippen LogP contribution in [0.25, 0.3) is 11.2 Å². The number of nitrogens with one attached hydrogen (secondary N) is 1. The Balaban J connectivity index is 1.99. The molecular formula is C16H15ClF3N5O2S. The summed E-state index contributed by atoms with van der Waals surface area (Å²) in [4.78, 5) is 11.1. The highest BCUT2D eigenvalue weighted by atomic mass is 35.5. The van der Waals surface area contributed by atoms with Crippen molar-refractivity contribution in [3.8, 4) is 0 Å². The molecule has 28 heavy (non-hydrogen) atoms. The Morgan fingerprint density at radius 1 is 1.21 bits per heavy atom. The zero-order chi connectivity index (χ0) is 20.7. The first-order valence-electron chi connectivity index (χ1n) is 8.11. The lowest BCUT2D eigenvalue weighted by atomic mass is 10.3. The summed E-state index contributed by atoms with van der Waals surface area (Å²) in [6.45, 7) is 3.48. The maximum Gasteiger partial charge on any atom is 0.451 e. The molecular weight excluding hydrogens is 419 g/mol. The van der Waals surface area contributed by atoms with E-state index in [1.165, 1.54) is 28.8 Å². The molecule has 3 rings (SSSR count). The summed E-state index contributed by atoms with van der Waals surface area (Å²) < 4.78 is 67.7. The molecule has 1 N–H and O–H groups in total.